The molecule has 1 N–H and O–H groups in total. The van der Waals surface area contributed by atoms with Crippen LogP contribution in [0.2, 0.25) is 0 Å². The number of nitrogens with one attached hydrogen (secondary N) is 1. The van der Waals surface area contributed by atoms with Gasteiger partial charge in [-0.25, -0.2) is 0 Å². The smallest absolute Gasteiger partial charge is 0.273 e. The standard InChI is InChI=1S/C25H21N3O5S/c1-14(2)16-6-8-18(9-7-16)27-24(30)20(23(29)26-25(27)34)13-19-10-11-22(33-19)17-5-4-15(3)21(12-17)28(31)32/h4-14H,1-3H3,(H,26,29,34)/b20-13+. The number of carbonyl (C=O) groups is 2. The molecular formula is C25H21N3O5S. The number of nitro groups is 1. The molecule has 0 bridgehead atoms. The molecule has 0 spiro atoms. The van der Waals surface area contributed by atoms with E-state index in [1.54, 1.807) is 43.3 Å². The van der Waals surface area contributed by atoms with Gasteiger partial charge in [-0.05, 0) is 61.0 Å². The Morgan fingerprint density at radius 1 is 1.09 bits per heavy atom. The van der Waals surface area contributed by atoms with E-state index in [2.05, 4.69) is 19.2 Å². The lowest BCUT2D eigenvalue weighted by Crippen LogP contribution is -2.54. The second-order valence-corrected chi connectivity index (χ2v) is 8.55. The third-order valence-electron chi connectivity index (χ3n) is 5.52. The van der Waals surface area contributed by atoms with Gasteiger partial charge in [0.1, 0.15) is 17.1 Å². The highest BCUT2D eigenvalue weighted by atomic mass is 32.1. The average molecular weight is 476 g/mol. The maximum atomic E-state index is 13.2. The predicted octanol–water partition coefficient (Wildman–Crippen LogP) is 5.12. The van der Waals surface area contributed by atoms with Crippen molar-refractivity contribution in [2.45, 2.75) is 26.7 Å². The second kappa shape index (κ2) is 9.03. The molecule has 1 aliphatic heterocycles. The largest absolute Gasteiger partial charge is 0.457 e. The van der Waals surface area contributed by atoms with Crippen molar-refractivity contribution in [3.63, 3.8) is 0 Å². The molecule has 0 saturated carbocycles. The molecule has 0 radical (unpaired) electrons. The van der Waals surface area contributed by atoms with Crippen LogP contribution in [0.25, 0.3) is 17.4 Å². The molecule has 1 aliphatic rings. The van der Waals surface area contributed by atoms with Gasteiger partial charge in [0.2, 0.25) is 0 Å². The summed E-state index contributed by atoms with van der Waals surface area (Å²) < 4.78 is 5.77. The highest BCUT2D eigenvalue weighted by Gasteiger charge is 2.34. The van der Waals surface area contributed by atoms with Gasteiger partial charge in [0.05, 0.1) is 10.6 Å². The van der Waals surface area contributed by atoms with E-state index in [1.807, 2.05) is 12.1 Å². The summed E-state index contributed by atoms with van der Waals surface area (Å²) in [5.74, 6) is -0.254. The van der Waals surface area contributed by atoms with Gasteiger partial charge in [0.25, 0.3) is 17.5 Å². The van der Waals surface area contributed by atoms with E-state index in [0.717, 1.165) is 5.56 Å². The minimum Gasteiger partial charge on any atom is -0.457 e. The van der Waals surface area contributed by atoms with Crippen molar-refractivity contribution in [2.75, 3.05) is 4.90 Å². The number of hydrogen-bond acceptors (Lipinski definition) is 6. The fraction of sp³-hybridized carbons (Fsp3) is 0.160. The van der Waals surface area contributed by atoms with Crippen molar-refractivity contribution in [3.05, 3.63) is 87.2 Å². The topological polar surface area (TPSA) is 106 Å². The minimum absolute atomic E-state index is 0.00320. The summed E-state index contributed by atoms with van der Waals surface area (Å²) in [6.45, 7) is 5.79. The Kier molecular flexibility index (Phi) is 6.12. The summed E-state index contributed by atoms with van der Waals surface area (Å²) in [7, 11) is 0. The van der Waals surface area contributed by atoms with Gasteiger partial charge in [-0.15, -0.1) is 0 Å². The molecule has 0 atom stereocenters. The quantitative estimate of drug-likeness (QED) is 0.181. The zero-order valence-corrected chi connectivity index (χ0v) is 19.5. The number of nitrogens with zero attached hydrogens (tertiary/aromatic N) is 2. The van der Waals surface area contributed by atoms with Crippen LogP contribution in [0, 0.1) is 17.0 Å². The van der Waals surface area contributed by atoms with Crippen molar-refractivity contribution in [1.82, 2.24) is 5.32 Å². The SMILES string of the molecule is Cc1ccc(-c2ccc(/C=C3\C(=O)NC(=S)N(c4ccc(C(C)C)cc4)C3=O)o2)cc1[N+](=O)[O-]. The van der Waals surface area contributed by atoms with Gasteiger partial charge in [0.15, 0.2) is 5.11 Å². The minimum atomic E-state index is -0.631. The molecule has 0 unspecified atom stereocenters. The van der Waals surface area contributed by atoms with Gasteiger partial charge in [-0.3, -0.25) is 29.9 Å². The van der Waals surface area contributed by atoms with Gasteiger partial charge in [0, 0.05) is 17.2 Å². The second-order valence-electron chi connectivity index (χ2n) is 8.16. The van der Waals surface area contributed by atoms with Crippen LogP contribution in [0.4, 0.5) is 11.4 Å². The fourth-order valence-corrected chi connectivity index (χ4v) is 3.87. The van der Waals surface area contributed by atoms with Crippen LogP contribution < -0.4 is 10.2 Å². The molecule has 4 rings (SSSR count). The number of aryl methyl sites for hydroxylation is 1. The van der Waals surface area contributed by atoms with E-state index >= 15 is 0 Å². The summed E-state index contributed by atoms with van der Waals surface area (Å²) in [5.41, 5.74) is 2.52. The number of anilines is 1. The number of thiocarbonyl (C=S) groups is 1. The van der Waals surface area contributed by atoms with E-state index in [4.69, 9.17) is 16.6 Å². The third-order valence-corrected chi connectivity index (χ3v) is 5.81. The van der Waals surface area contributed by atoms with Crippen molar-refractivity contribution in [2.24, 2.45) is 0 Å². The predicted molar refractivity (Wildman–Crippen MR) is 132 cm³/mol. The number of hydrogen-bond donors (Lipinski definition) is 1. The van der Waals surface area contributed by atoms with Crippen LogP contribution in [0.1, 0.15) is 36.7 Å². The maximum absolute atomic E-state index is 13.2. The first-order valence-electron chi connectivity index (χ1n) is 10.5. The van der Waals surface area contributed by atoms with Crippen LogP contribution in [0.3, 0.4) is 0 Å². The summed E-state index contributed by atoms with van der Waals surface area (Å²) >= 11 is 5.24. The first kappa shape index (κ1) is 23.1. The Labute approximate surface area is 201 Å². The molecular weight excluding hydrogens is 454 g/mol. The Balaban J connectivity index is 1.65. The Hall–Kier alpha value is -4.11. The lowest BCUT2D eigenvalue weighted by atomic mass is 10.0. The summed E-state index contributed by atoms with van der Waals surface area (Å²) in [4.78, 5) is 37.8. The van der Waals surface area contributed by atoms with Gasteiger partial charge in [-0.1, -0.05) is 38.1 Å². The van der Waals surface area contributed by atoms with Crippen LogP contribution in [0.5, 0.6) is 0 Å². The van der Waals surface area contributed by atoms with Crippen LogP contribution >= 0.6 is 12.2 Å². The first-order valence-corrected chi connectivity index (χ1v) is 10.9. The van der Waals surface area contributed by atoms with E-state index < -0.39 is 16.7 Å². The molecule has 8 nitrogen and oxygen atoms in total. The van der Waals surface area contributed by atoms with Gasteiger partial charge >= 0.3 is 0 Å². The lowest BCUT2D eigenvalue weighted by molar-refractivity contribution is -0.385. The Morgan fingerprint density at radius 3 is 2.44 bits per heavy atom. The fourth-order valence-electron chi connectivity index (χ4n) is 3.59. The van der Waals surface area contributed by atoms with E-state index in [-0.39, 0.29) is 22.1 Å². The monoisotopic (exact) mass is 475 g/mol. The Morgan fingerprint density at radius 2 is 1.79 bits per heavy atom. The highest BCUT2D eigenvalue weighted by Crippen LogP contribution is 2.30. The van der Waals surface area contributed by atoms with Gasteiger partial charge in [-0.2, -0.15) is 0 Å². The zero-order chi connectivity index (χ0) is 24.6. The van der Waals surface area contributed by atoms with Gasteiger partial charge < -0.3 is 4.42 Å². The molecule has 9 heteroatoms. The zero-order valence-electron chi connectivity index (χ0n) is 18.7. The van der Waals surface area contributed by atoms with Crippen LogP contribution in [-0.2, 0) is 9.59 Å². The van der Waals surface area contributed by atoms with E-state index in [9.17, 15) is 19.7 Å². The normalized spacial score (nSPS) is 15.2. The molecule has 2 aromatic carbocycles. The number of carbonyl (C=O) groups excluding carboxylic acids is 2. The highest BCUT2D eigenvalue weighted by molar-refractivity contribution is 7.80. The molecule has 1 fully saturated rings. The summed E-state index contributed by atoms with van der Waals surface area (Å²) in [5, 5.41) is 13.8. The molecule has 172 valence electrons. The third kappa shape index (κ3) is 4.38. The molecule has 0 aliphatic carbocycles. The van der Waals surface area contributed by atoms with Crippen molar-refractivity contribution in [1.29, 1.82) is 0 Å². The van der Waals surface area contributed by atoms with Crippen LogP contribution in [0.15, 0.2) is 64.6 Å². The summed E-state index contributed by atoms with van der Waals surface area (Å²) in [6.07, 6.45) is 1.33. The number of furan rings is 1. The van der Waals surface area contributed by atoms with Crippen molar-refractivity contribution in [3.8, 4) is 11.3 Å². The molecule has 3 aromatic rings. The molecule has 1 saturated heterocycles. The van der Waals surface area contributed by atoms with E-state index in [0.29, 0.717) is 28.5 Å². The summed E-state index contributed by atoms with van der Waals surface area (Å²) in [6, 6.07) is 15.4. The number of nitro benzene ring substituents is 1. The van der Waals surface area contributed by atoms with Crippen molar-refractivity contribution < 1.29 is 18.9 Å². The lowest BCUT2D eigenvalue weighted by Gasteiger charge is -2.29. The first-order chi connectivity index (χ1) is 16.2. The van der Waals surface area contributed by atoms with E-state index in [1.165, 1.54) is 17.0 Å². The Bertz CT molecular complexity index is 1360. The number of rotatable bonds is 5. The molecule has 2 amide bonds. The average Bonchev–Trinajstić information content (AvgIpc) is 3.25. The number of benzene rings is 2. The molecule has 34 heavy (non-hydrogen) atoms. The number of amides is 2. The maximum Gasteiger partial charge on any atom is 0.273 e. The molecule has 2 heterocycles. The van der Waals surface area contributed by atoms with Crippen molar-refractivity contribution >= 4 is 46.6 Å². The van der Waals surface area contributed by atoms with Crippen LogP contribution in [-0.4, -0.2) is 21.9 Å². The molecule has 1 aromatic heterocycles.